The van der Waals surface area contributed by atoms with Crippen molar-refractivity contribution < 1.29 is 24.9 Å². The van der Waals surface area contributed by atoms with Crippen LogP contribution in [0, 0.1) is 11.8 Å². The molecular weight excluding hydrogens is 372 g/mol. The van der Waals surface area contributed by atoms with Crippen LogP contribution >= 0.6 is 23.5 Å². The number of carbonyl (C=O) groups is 2. The molecule has 1 saturated carbocycles. The number of hydrogen-bond donors (Lipinski definition) is 3. The fourth-order valence-corrected chi connectivity index (χ4v) is 5.32. The molecule has 0 radical (unpaired) electrons. The van der Waals surface area contributed by atoms with Gasteiger partial charge in [-0.25, -0.2) is 4.79 Å². The summed E-state index contributed by atoms with van der Waals surface area (Å²) in [7, 11) is 0. The molecule has 150 valence electrons. The van der Waals surface area contributed by atoms with E-state index in [2.05, 4.69) is 26.0 Å². The van der Waals surface area contributed by atoms with Crippen molar-refractivity contribution in [3.05, 3.63) is 12.2 Å². The van der Waals surface area contributed by atoms with Gasteiger partial charge in [-0.05, 0) is 49.0 Å². The SMILES string of the molecule is CCC(CC)CCC=C[C@H]1CCC(=O)[C@@H]1SCCCSC(O)(O)C(=O)O. The lowest BCUT2D eigenvalue weighted by atomic mass is 9.97. The molecule has 0 spiro atoms. The Balaban J connectivity index is 2.32. The number of ketones is 1. The first-order valence-corrected chi connectivity index (χ1v) is 11.5. The minimum atomic E-state index is -2.73. The Bertz CT molecular complexity index is 475. The van der Waals surface area contributed by atoms with Crippen LogP contribution in [0.5, 0.6) is 0 Å². The highest BCUT2D eigenvalue weighted by Gasteiger charge is 2.34. The molecule has 0 amide bonds. The first kappa shape index (κ1) is 23.5. The van der Waals surface area contributed by atoms with E-state index < -0.39 is 11.1 Å². The normalized spacial score (nSPS) is 21.2. The molecule has 0 bridgehead atoms. The van der Waals surface area contributed by atoms with Crippen LogP contribution in [0.25, 0.3) is 0 Å². The molecule has 5 nitrogen and oxygen atoms in total. The predicted molar refractivity (Wildman–Crippen MR) is 108 cm³/mol. The Morgan fingerprint density at radius 2 is 2.00 bits per heavy atom. The second-order valence-corrected chi connectivity index (χ2v) is 9.28. The summed E-state index contributed by atoms with van der Waals surface area (Å²) in [5, 5.41) is 24.3. The third-order valence-corrected chi connectivity index (χ3v) is 7.44. The molecule has 1 rings (SSSR count). The van der Waals surface area contributed by atoms with Crippen LogP contribution < -0.4 is 0 Å². The molecule has 0 unspecified atom stereocenters. The highest BCUT2D eigenvalue weighted by atomic mass is 32.2. The summed E-state index contributed by atoms with van der Waals surface area (Å²) >= 11 is 2.20. The maximum Gasteiger partial charge on any atom is 0.375 e. The van der Waals surface area contributed by atoms with Gasteiger partial charge in [0.2, 0.25) is 0 Å². The minimum Gasteiger partial charge on any atom is -0.477 e. The molecule has 26 heavy (non-hydrogen) atoms. The lowest BCUT2D eigenvalue weighted by Crippen LogP contribution is -2.34. The Kier molecular flexibility index (Phi) is 10.9. The van der Waals surface area contributed by atoms with E-state index in [0.717, 1.165) is 18.8 Å². The second-order valence-electron chi connectivity index (χ2n) is 6.76. The van der Waals surface area contributed by atoms with Crippen molar-refractivity contribution in [2.75, 3.05) is 11.5 Å². The first-order chi connectivity index (χ1) is 12.3. The summed E-state index contributed by atoms with van der Waals surface area (Å²) in [5.74, 6) is 0.737. The summed E-state index contributed by atoms with van der Waals surface area (Å²) < 4.78 is 0. The number of hydrogen-bond acceptors (Lipinski definition) is 6. The molecule has 1 fully saturated rings. The first-order valence-electron chi connectivity index (χ1n) is 9.44. The molecule has 0 aromatic heterocycles. The Labute approximate surface area is 165 Å². The van der Waals surface area contributed by atoms with Crippen molar-refractivity contribution in [3.63, 3.8) is 0 Å². The van der Waals surface area contributed by atoms with Crippen LogP contribution in [-0.2, 0) is 9.59 Å². The van der Waals surface area contributed by atoms with Crippen molar-refractivity contribution in [3.8, 4) is 0 Å². The zero-order chi connectivity index (χ0) is 19.6. The fourth-order valence-electron chi connectivity index (χ4n) is 3.10. The molecule has 0 aromatic rings. The van der Waals surface area contributed by atoms with Gasteiger partial charge in [-0.2, -0.15) is 0 Å². The summed E-state index contributed by atoms with van der Waals surface area (Å²) in [5.41, 5.74) is 0. The van der Waals surface area contributed by atoms with Crippen molar-refractivity contribution in [2.45, 2.75) is 69.2 Å². The molecule has 0 aliphatic heterocycles. The van der Waals surface area contributed by atoms with E-state index in [1.165, 1.54) is 19.3 Å². The molecular formula is C19H32O5S2. The number of carboxylic acids is 1. The average Bonchev–Trinajstić information content (AvgIpc) is 2.94. The molecule has 0 aromatic carbocycles. The molecule has 1 aliphatic rings. The van der Waals surface area contributed by atoms with Gasteiger partial charge < -0.3 is 15.3 Å². The van der Waals surface area contributed by atoms with Gasteiger partial charge in [0.1, 0.15) is 5.78 Å². The van der Waals surface area contributed by atoms with Gasteiger partial charge in [-0.15, -0.1) is 11.8 Å². The van der Waals surface area contributed by atoms with Crippen LogP contribution in [-0.4, -0.2) is 48.9 Å². The van der Waals surface area contributed by atoms with E-state index >= 15 is 0 Å². The van der Waals surface area contributed by atoms with Gasteiger partial charge in [0.15, 0.2) is 0 Å². The third-order valence-electron chi connectivity index (χ3n) is 4.88. The zero-order valence-corrected chi connectivity index (χ0v) is 17.4. The number of aliphatic carboxylic acids is 1. The third kappa shape index (κ3) is 8.03. The zero-order valence-electron chi connectivity index (χ0n) is 15.7. The van der Waals surface area contributed by atoms with Crippen LogP contribution in [0.3, 0.4) is 0 Å². The number of rotatable bonds is 13. The van der Waals surface area contributed by atoms with E-state index in [0.29, 0.717) is 41.9 Å². The van der Waals surface area contributed by atoms with E-state index in [1.54, 1.807) is 11.8 Å². The van der Waals surface area contributed by atoms with Crippen LogP contribution in [0.4, 0.5) is 0 Å². The van der Waals surface area contributed by atoms with Crippen molar-refractivity contribution in [1.29, 1.82) is 0 Å². The minimum absolute atomic E-state index is 0.0168. The number of Topliss-reactive ketones (excluding diaryl/α,β-unsaturated/α-hetero) is 1. The maximum absolute atomic E-state index is 12.1. The Morgan fingerprint density at radius 1 is 1.31 bits per heavy atom. The van der Waals surface area contributed by atoms with Gasteiger partial charge in [0.05, 0.1) is 5.25 Å². The highest BCUT2D eigenvalue weighted by Crippen LogP contribution is 2.34. The highest BCUT2D eigenvalue weighted by molar-refractivity contribution is 8.01. The van der Waals surface area contributed by atoms with Crippen molar-refractivity contribution >= 4 is 35.3 Å². The standard InChI is InChI=1S/C19H32O5S2/c1-3-14(4-2)8-5-6-9-15-10-11-16(20)17(15)25-12-7-13-26-19(23,24)18(21)22/h6,9,14-15,17,23-24H,3-5,7-8,10-13H2,1-2H3,(H,21,22)/t15-,17+/m0/s1. The summed E-state index contributed by atoms with van der Waals surface area (Å²) in [6, 6.07) is 0. The van der Waals surface area contributed by atoms with E-state index in [4.69, 9.17) is 5.11 Å². The van der Waals surface area contributed by atoms with Gasteiger partial charge in [-0.3, -0.25) is 4.79 Å². The largest absolute Gasteiger partial charge is 0.477 e. The quantitative estimate of drug-likeness (QED) is 0.245. The maximum atomic E-state index is 12.1. The van der Waals surface area contributed by atoms with Crippen LogP contribution in [0.2, 0.25) is 0 Å². The van der Waals surface area contributed by atoms with Gasteiger partial charge in [0.25, 0.3) is 0 Å². The number of thioether (sulfide) groups is 2. The number of carboxylic acid groups (broad SMARTS) is 1. The fraction of sp³-hybridized carbons (Fsp3) is 0.789. The predicted octanol–water partition coefficient (Wildman–Crippen LogP) is 3.69. The van der Waals surface area contributed by atoms with Gasteiger partial charge >= 0.3 is 11.1 Å². The van der Waals surface area contributed by atoms with E-state index in [-0.39, 0.29) is 11.2 Å². The second kappa shape index (κ2) is 12.1. The smallest absolute Gasteiger partial charge is 0.375 e. The average molecular weight is 405 g/mol. The summed E-state index contributed by atoms with van der Waals surface area (Å²) in [6.45, 7) is 4.46. The number of allylic oxidation sites excluding steroid dienone is 2. The molecule has 3 N–H and O–H groups in total. The van der Waals surface area contributed by atoms with Crippen LogP contribution in [0.1, 0.15) is 58.8 Å². The molecule has 1 aliphatic carbocycles. The van der Waals surface area contributed by atoms with Gasteiger partial charge in [0, 0.05) is 6.42 Å². The summed E-state index contributed by atoms with van der Waals surface area (Å²) in [4.78, 5) is 22.7. The van der Waals surface area contributed by atoms with Crippen LogP contribution in [0.15, 0.2) is 12.2 Å². The number of aliphatic hydroxyl groups is 2. The molecule has 0 saturated heterocycles. The Morgan fingerprint density at radius 3 is 2.62 bits per heavy atom. The van der Waals surface area contributed by atoms with Crippen molar-refractivity contribution in [1.82, 2.24) is 0 Å². The topological polar surface area (TPSA) is 94.8 Å². The molecule has 0 heterocycles. The molecule has 2 atom stereocenters. The van der Waals surface area contributed by atoms with Gasteiger partial charge in [-0.1, -0.05) is 50.6 Å². The van der Waals surface area contributed by atoms with E-state index in [1.807, 2.05) is 0 Å². The van der Waals surface area contributed by atoms with Crippen molar-refractivity contribution in [2.24, 2.45) is 11.8 Å². The lowest BCUT2D eigenvalue weighted by molar-refractivity contribution is -0.174. The monoisotopic (exact) mass is 404 g/mol. The lowest BCUT2D eigenvalue weighted by Gasteiger charge is -2.17. The summed E-state index contributed by atoms with van der Waals surface area (Å²) in [6.07, 6.45) is 11.3. The number of carbonyl (C=O) groups excluding carboxylic acids is 1. The Hall–Kier alpha value is -0.500. The molecule has 7 heteroatoms. The van der Waals surface area contributed by atoms with E-state index in [9.17, 15) is 19.8 Å².